The van der Waals surface area contributed by atoms with Crippen LogP contribution < -0.4 is 21.5 Å². The van der Waals surface area contributed by atoms with Crippen molar-refractivity contribution in [3.63, 3.8) is 0 Å². The normalized spacial score (nSPS) is 9.78. The van der Waals surface area contributed by atoms with Gasteiger partial charge in [-0.1, -0.05) is 5.16 Å². The van der Waals surface area contributed by atoms with Gasteiger partial charge in [0.2, 0.25) is 0 Å². The molecule has 2 aromatic heterocycles. The van der Waals surface area contributed by atoms with Crippen LogP contribution in [0.1, 0.15) is 0 Å². The first-order valence-corrected chi connectivity index (χ1v) is 5.48. The Morgan fingerprint density at radius 2 is 2.33 bits per heavy atom. The highest BCUT2D eigenvalue weighted by Gasteiger charge is 2.19. The minimum absolute atomic E-state index is 0.00397. The number of amides is 4. The lowest BCUT2D eigenvalue weighted by Crippen LogP contribution is -2.48. The number of carbonyl (C=O) groups excluding carboxylic acids is 2. The summed E-state index contributed by atoms with van der Waals surface area (Å²) in [6, 6.07) is -0.539. The van der Waals surface area contributed by atoms with Gasteiger partial charge in [-0.3, -0.25) is 5.32 Å². The first-order valence-electron chi connectivity index (χ1n) is 4.60. The van der Waals surface area contributed by atoms with Crippen molar-refractivity contribution in [1.82, 2.24) is 21.3 Å². The minimum Gasteiger partial charge on any atom is -0.363 e. The highest BCUT2D eigenvalue weighted by molar-refractivity contribution is 7.13. The maximum atomic E-state index is 11.5. The lowest BCUT2D eigenvalue weighted by atomic mass is 10.6. The monoisotopic (exact) mass is 267 g/mol. The van der Waals surface area contributed by atoms with Crippen molar-refractivity contribution >= 4 is 34.3 Å². The van der Waals surface area contributed by atoms with Crippen LogP contribution in [0.5, 0.6) is 0 Å². The molecule has 93 valence electrons. The average Bonchev–Trinajstić information content (AvgIpc) is 2.97. The van der Waals surface area contributed by atoms with Gasteiger partial charge in [-0.2, -0.15) is 5.01 Å². The van der Waals surface area contributed by atoms with Gasteiger partial charge in [0.05, 0.1) is 0 Å². The summed E-state index contributed by atoms with van der Waals surface area (Å²) in [4.78, 5) is 26.4. The van der Waals surface area contributed by atoms with Crippen molar-refractivity contribution < 1.29 is 14.1 Å². The molecule has 0 atom stereocenters. The van der Waals surface area contributed by atoms with Gasteiger partial charge in [-0.05, 0) is 0 Å². The summed E-state index contributed by atoms with van der Waals surface area (Å²) in [5, 5.41) is 8.51. The number of hydrazine groups is 1. The molecule has 0 aliphatic heterocycles. The molecule has 0 saturated heterocycles. The van der Waals surface area contributed by atoms with E-state index in [4.69, 9.17) is 5.73 Å². The Labute approximate surface area is 105 Å². The molecule has 0 fully saturated rings. The average molecular weight is 267 g/mol. The van der Waals surface area contributed by atoms with Crippen LogP contribution in [-0.2, 0) is 0 Å². The predicted molar refractivity (Wildman–Crippen MR) is 61.7 cm³/mol. The molecule has 3 N–H and O–H groups in total. The summed E-state index contributed by atoms with van der Waals surface area (Å²) in [6.07, 6.45) is 2.73. The van der Waals surface area contributed by atoms with E-state index in [9.17, 15) is 9.59 Å². The lowest BCUT2D eigenvalue weighted by Gasteiger charge is -2.16. The number of urea groups is 2. The molecule has 18 heavy (non-hydrogen) atoms. The quantitative estimate of drug-likeness (QED) is 0.787. The third kappa shape index (κ3) is 2.74. The van der Waals surface area contributed by atoms with Gasteiger partial charge in [0.1, 0.15) is 6.26 Å². The van der Waals surface area contributed by atoms with Gasteiger partial charge >= 0.3 is 12.1 Å². The third-order valence-corrected chi connectivity index (χ3v) is 2.41. The largest absolute Gasteiger partial charge is 0.363 e. The number of rotatable bonds is 2. The van der Waals surface area contributed by atoms with Crippen LogP contribution in [0.25, 0.3) is 0 Å². The van der Waals surface area contributed by atoms with E-state index in [0.717, 1.165) is 0 Å². The standard InChI is InChI=1S/C8H7N6O3S/c9-6(15)14(5-1-3-17-13-5)12-7(16)11-8-10-2-4-18-8/h1-4,9H,(H2,10,11,12,16). The Kier molecular flexibility index (Phi) is 3.38. The zero-order valence-electron chi connectivity index (χ0n) is 8.78. The molecule has 0 bridgehead atoms. The van der Waals surface area contributed by atoms with E-state index >= 15 is 0 Å². The molecule has 0 spiro atoms. The van der Waals surface area contributed by atoms with Crippen LogP contribution in [0.15, 0.2) is 28.4 Å². The molecule has 2 heterocycles. The van der Waals surface area contributed by atoms with Crippen molar-refractivity contribution in [2.45, 2.75) is 0 Å². The van der Waals surface area contributed by atoms with E-state index in [0.29, 0.717) is 10.1 Å². The number of anilines is 2. The van der Waals surface area contributed by atoms with Crippen LogP contribution in [-0.4, -0.2) is 22.2 Å². The molecule has 0 aromatic carbocycles. The summed E-state index contributed by atoms with van der Waals surface area (Å²) in [6.45, 7) is 0. The van der Waals surface area contributed by atoms with Crippen LogP contribution in [0.4, 0.5) is 20.5 Å². The van der Waals surface area contributed by atoms with E-state index in [1.54, 1.807) is 5.38 Å². The number of nitrogens with one attached hydrogen (secondary N) is 3. The highest BCUT2D eigenvalue weighted by Crippen LogP contribution is 2.11. The fourth-order valence-corrected chi connectivity index (χ4v) is 1.57. The number of hydrogen-bond donors (Lipinski definition) is 2. The molecule has 0 saturated carbocycles. The van der Waals surface area contributed by atoms with Crippen molar-refractivity contribution in [3.05, 3.63) is 23.9 Å². The van der Waals surface area contributed by atoms with Crippen molar-refractivity contribution in [3.8, 4) is 0 Å². The Morgan fingerprint density at radius 1 is 1.50 bits per heavy atom. The Hall–Kier alpha value is -2.62. The molecule has 9 nitrogen and oxygen atoms in total. The number of nitrogens with zero attached hydrogens (tertiary/aromatic N) is 3. The summed E-state index contributed by atoms with van der Waals surface area (Å²) in [7, 11) is 0. The molecule has 2 aromatic rings. The van der Waals surface area contributed by atoms with E-state index < -0.39 is 12.1 Å². The first kappa shape index (κ1) is 11.9. The van der Waals surface area contributed by atoms with Crippen LogP contribution in [0.3, 0.4) is 0 Å². The van der Waals surface area contributed by atoms with Crippen LogP contribution in [0, 0.1) is 0 Å². The van der Waals surface area contributed by atoms with E-state index in [2.05, 4.69) is 25.4 Å². The van der Waals surface area contributed by atoms with Crippen molar-refractivity contribution in [2.75, 3.05) is 10.3 Å². The highest BCUT2D eigenvalue weighted by atomic mass is 32.1. The maximum absolute atomic E-state index is 11.5. The predicted octanol–water partition coefficient (Wildman–Crippen LogP) is 1.08. The number of carbonyl (C=O) groups is 2. The van der Waals surface area contributed by atoms with Crippen molar-refractivity contribution in [1.29, 1.82) is 0 Å². The van der Waals surface area contributed by atoms with E-state index in [-0.39, 0.29) is 5.82 Å². The summed E-state index contributed by atoms with van der Waals surface area (Å²) < 4.78 is 4.52. The molecule has 0 aliphatic rings. The number of hydrogen-bond acceptors (Lipinski definition) is 6. The van der Waals surface area contributed by atoms with E-state index in [1.807, 2.05) is 0 Å². The maximum Gasteiger partial charge on any atom is 0.361 e. The molecular weight excluding hydrogens is 260 g/mol. The zero-order valence-corrected chi connectivity index (χ0v) is 9.60. The lowest BCUT2D eigenvalue weighted by molar-refractivity contribution is 0.240. The fourth-order valence-electron chi connectivity index (χ4n) is 1.05. The zero-order chi connectivity index (χ0) is 13.0. The number of aromatic nitrogens is 2. The second-order valence-electron chi connectivity index (χ2n) is 2.90. The minimum atomic E-state index is -1.15. The second-order valence-corrected chi connectivity index (χ2v) is 3.80. The van der Waals surface area contributed by atoms with Crippen molar-refractivity contribution in [2.24, 2.45) is 0 Å². The molecule has 0 aliphatic carbocycles. The van der Waals surface area contributed by atoms with Gasteiger partial charge in [0.15, 0.2) is 10.9 Å². The molecule has 2 rings (SSSR count). The molecule has 0 unspecified atom stereocenters. The fraction of sp³-hybridized carbons (Fsp3) is 0. The van der Waals surface area contributed by atoms with Gasteiger partial charge in [-0.25, -0.2) is 25.7 Å². The third-order valence-electron chi connectivity index (χ3n) is 1.72. The van der Waals surface area contributed by atoms with Gasteiger partial charge in [-0.15, -0.1) is 11.3 Å². The van der Waals surface area contributed by atoms with Gasteiger partial charge in [0.25, 0.3) is 0 Å². The van der Waals surface area contributed by atoms with E-state index in [1.165, 1.54) is 29.9 Å². The molecule has 10 heteroatoms. The Bertz CT molecular complexity index is 525. The van der Waals surface area contributed by atoms with Crippen LogP contribution >= 0.6 is 11.3 Å². The SMILES string of the molecule is [NH]C(=O)N(NC(=O)Nc1nccs1)c1ccon1. The van der Waals surface area contributed by atoms with Gasteiger partial charge in [0, 0.05) is 17.6 Å². The molecule has 1 radical (unpaired) electrons. The second kappa shape index (κ2) is 5.14. The van der Waals surface area contributed by atoms with Gasteiger partial charge < -0.3 is 4.52 Å². The summed E-state index contributed by atoms with van der Waals surface area (Å²) in [5.41, 5.74) is 9.15. The first-order chi connectivity index (χ1) is 8.66. The topological polar surface area (TPSA) is 124 Å². The Balaban J connectivity index is 2.01. The van der Waals surface area contributed by atoms with Crippen LogP contribution in [0.2, 0.25) is 0 Å². The number of thiazole rings is 1. The smallest absolute Gasteiger partial charge is 0.361 e. The summed E-state index contributed by atoms with van der Waals surface area (Å²) >= 11 is 1.22. The molecular formula is C8H7N6O3S. The summed E-state index contributed by atoms with van der Waals surface area (Å²) in [5.74, 6) is 0.00397. The Morgan fingerprint density at radius 3 is 2.89 bits per heavy atom. The molecule has 4 amide bonds.